The first-order valence-corrected chi connectivity index (χ1v) is 10.3. The van der Waals surface area contributed by atoms with Crippen LogP contribution in [0.4, 0.5) is 0 Å². The molecule has 0 aromatic carbocycles. The lowest BCUT2D eigenvalue weighted by Crippen LogP contribution is -2.42. The summed E-state index contributed by atoms with van der Waals surface area (Å²) in [7, 11) is 0. The predicted octanol–water partition coefficient (Wildman–Crippen LogP) is 1.76. The van der Waals surface area contributed by atoms with Gasteiger partial charge in [-0.1, -0.05) is 0 Å². The highest BCUT2D eigenvalue weighted by atomic mass is 32.1. The summed E-state index contributed by atoms with van der Waals surface area (Å²) in [4.78, 5) is 33.1. The number of nitrogens with zero attached hydrogens (tertiary/aromatic N) is 5. The lowest BCUT2D eigenvalue weighted by atomic mass is 10.1. The zero-order valence-corrected chi connectivity index (χ0v) is 16.0. The second kappa shape index (κ2) is 5.77. The van der Waals surface area contributed by atoms with Crippen molar-refractivity contribution < 1.29 is 4.79 Å². The van der Waals surface area contributed by atoms with Crippen molar-refractivity contribution >= 4 is 17.2 Å². The number of carbonyl (C=O) groups is 1. The normalized spacial score (nSPS) is 24.6. The minimum Gasteiger partial charge on any atom is -0.330 e. The third-order valence-corrected chi connectivity index (χ3v) is 6.95. The number of carbonyl (C=O) groups excluding carboxylic acids is 1. The number of hydrogen-bond acceptors (Lipinski definition) is 5. The second-order valence-corrected chi connectivity index (χ2v) is 9.09. The van der Waals surface area contributed by atoms with E-state index in [2.05, 4.69) is 10.1 Å². The van der Waals surface area contributed by atoms with Gasteiger partial charge in [-0.15, -0.1) is 11.3 Å². The van der Waals surface area contributed by atoms with Crippen molar-refractivity contribution in [3.63, 3.8) is 0 Å². The Hall–Kier alpha value is -1.96. The quantitative estimate of drug-likeness (QED) is 0.822. The molecule has 2 aromatic rings. The average molecular weight is 373 g/mol. The molecule has 5 rings (SSSR count). The Morgan fingerprint density at radius 3 is 2.65 bits per heavy atom. The molecule has 0 unspecified atom stereocenters. The Bertz CT molecular complexity index is 938. The van der Waals surface area contributed by atoms with E-state index in [-0.39, 0.29) is 23.7 Å². The largest absolute Gasteiger partial charge is 0.345 e. The zero-order valence-electron chi connectivity index (χ0n) is 15.1. The minimum absolute atomic E-state index is 0.00309. The van der Waals surface area contributed by atoms with E-state index in [0.29, 0.717) is 18.9 Å². The molecule has 0 spiro atoms. The van der Waals surface area contributed by atoms with Crippen LogP contribution in [0.3, 0.4) is 0 Å². The first-order valence-electron chi connectivity index (χ1n) is 9.44. The molecule has 2 aromatic heterocycles. The van der Waals surface area contributed by atoms with Crippen molar-refractivity contribution in [2.45, 2.75) is 71.1 Å². The van der Waals surface area contributed by atoms with Gasteiger partial charge in [0.1, 0.15) is 10.7 Å². The Morgan fingerprint density at radius 1 is 1.19 bits per heavy atom. The third kappa shape index (κ3) is 2.53. The molecule has 7 nitrogen and oxygen atoms in total. The Morgan fingerprint density at radius 2 is 1.96 bits per heavy atom. The number of aromatic nitrogens is 4. The van der Waals surface area contributed by atoms with E-state index in [1.54, 1.807) is 4.68 Å². The van der Waals surface area contributed by atoms with Crippen molar-refractivity contribution in [2.24, 2.45) is 5.92 Å². The smallest absolute Gasteiger partial charge is 0.330 e. The number of fused-ring (bicyclic) bond motifs is 3. The molecular formula is C18H23N5O2S. The fraction of sp³-hybridized carbons (Fsp3) is 0.667. The Balaban J connectivity index is 1.46. The van der Waals surface area contributed by atoms with Crippen LogP contribution in [0.25, 0.3) is 0 Å². The van der Waals surface area contributed by atoms with Gasteiger partial charge in [-0.2, -0.15) is 5.10 Å². The standard InChI is InChI=1S/C18H23N5O2S/c1-10-16(26-11(2)19-10)17(24)23-13-5-6-14(23)9-21-15(7-13)20-22(18(21)25)8-12-3-4-12/h12-14H,3-9H2,1-2H3/t13-,14+/m0/s1. The van der Waals surface area contributed by atoms with E-state index in [4.69, 9.17) is 0 Å². The molecule has 1 amide bonds. The van der Waals surface area contributed by atoms with Crippen LogP contribution in [0, 0.1) is 19.8 Å². The van der Waals surface area contributed by atoms with Crippen LogP contribution in [0.5, 0.6) is 0 Å². The van der Waals surface area contributed by atoms with Crippen molar-refractivity contribution in [3.8, 4) is 0 Å². The molecule has 1 aliphatic carbocycles. The summed E-state index contributed by atoms with van der Waals surface area (Å²) in [6, 6.07) is 0.207. The van der Waals surface area contributed by atoms with E-state index >= 15 is 0 Å². The summed E-state index contributed by atoms with van der Waals surface area (Å²) < 4.78 is 3.47. The topological polar surface area (TPSA) is 73.0 Å². The fourth-order valence-corrected chi connectivity index (χ4v) is 5.29. The van der Waals surface area contributed by atoms with Crippen molar-refractivity contribution in [1.82, 2.24) is 24.2 Å². The molecule has 2 fully saturated rings. The van der Waals surface area contributed by atoms with Gasteiger partial charge >= 0.3 is 5.69 Å². The molecule has 26 heavy (non-hydrogen) atoms. The number of hydrogen-bond donors (Lipinski definition) is 0. The average Bonchev–Trinajstić information content (AvgIpc) is 3.18. The number of amides is 1. The second-order valence-electron chi connectivity index (χ2n) is 7.88. The van der Waals surface area contributed by atoms with Crippen LogP contribution in [-0.2, 0) is 19.5 Å². The van der Waals surface area contributed by atoms with Gasteiger partial charge in [-0.05, 0) is 45.4 Å². The number of thiazole rings is 1. The highest BCUT2D eigenvalue weighted by Crippen LogP contribution is 2.34. The summed E-state index contributed by atoms with van der Waals surface area (Å²) in [5.41, 5.74) is 0.808. The fourth-order valence-electron chi connectivity index (χ4n) is 4.43. The maximum absolute atomic E-state index is 13.2. The Kier molecular flexibility index (Phi) is 3.60. The molecule has 3 aliphatic rings. The van der Waals surface area contributed by atoms with Gasteiger partial charge in [0.15, 0.2) is 0 Å². The zero-order chi connectivity index (χ0) is 18.0. The van der Waals surface area contributed by atoms with Gasteiger partial charge in [0, 0.05) is 25.6 Å². The van der Waals surface area contributed by atoms with Gasteiger partial charge in [0.2, 0.25) is 0 Å². The van der Waals surface area contributed by atoms with Crippen LogP contribution in [0.1, 0.15) is 51.9 Å². The summed E-state index contributed by atoms with van der Waals surface area (Å²) in [6.07, 6.45) is 5.02. The summed E-state index contributed by atoms with van der Waals surface area (Å²) in [5.74, 6) is 1.54. The molecule has 1 saturated heterocycles. The summed E-state index contributed by atoms with van der Waals surface area (Å²) in [5, 5.41) is 5.54. The lowest BCUT2D eigenvalue weighted by molar-refractivity contribution is 0.0669. The number of rotatable bonds is 3. The molecular weight excluding hydrogens is 350 g/mol. The highest BCUT2D eigenvalue weighted by molar-refractivity contribution is 7.13. The van der Waals surface area contributed by atoms with Crippen LogP contribution in [0.2, 0.25) is 0 Å². The van der Waals surface area contributed by atoms with E-state index in [0.717, 1.165) is 40.8 Å². The highest BCUT2D eigenvalue weighted by Gasteiger charge is 2.42. The monoisotopic (exact) mass is 373 g/mol. The van der Waals surface area contributed by atoms with Crippen LogP contribution >= 0.6 is 11.3 Å². The summed E-state index contributed by atoms with van der Waals surface area (Å²) in [6.45, 7) is 5.15. The predicted molar refractivity (Wildman–Crippen MR) is 97.5 cm³/mol. The third-order valence-electron chi connectivity index (χ3n) is 5.89. The van der Waals surface area contributed by atoms with Crippen molar-refractivity contribution in [2.75, 3.05) is 0 Å². The maximum Gasteiger partial charge on any atom is 0.345 e. The van der Waals surface area contributed by atoms with Crippen molar-refractivity contribution in [3.05, 3.63) is 31.9 Å². The molecule has 8 heteroatoms. The SMILES string of the molecule is Cc1nc(C)c(C(=O)N2[C@@H]3CC[C@H]2Cc2nn(CC4CC4)c(=O)n2C3)s1. The summed E-state index contributed by atoms with van der Waals surface area (Å²) >= 11 is 1.47. The van der Waals surface area contributed by atoms with Crippen LogP contribution < -0.4 is 5.69 Å². The molecule has 138 valence electrons. The maximum atomic E-state index is 13.2. The van der Waals surface area contributed by atoms with Crippen LogP contribution in [-0.4, -0.2) is 42.2 Å². The number of aryl methyl sites for hydroxylation is 2. The van der Waals surface area contributed by atoms with Crippen LogP contribution in [0.15, 0.2) is 4.79 Å². The van der Waals surface area contributed by atoms with Gasteiger partial charge in [0.05, 0.1) is 16.7 Å². The molecule has 1 saturated carbocycles. The molecule has 2 aliphatic heterocycles. The molecule has 2 atom stereocenters. The minimum atomic E-state index is -0.00309. The van der Waals surface area contributed by atoms with Gasteiger partial charge in [0.25, 0.3) is 5.91 Å². The van der Waals surface area contributed by atoms with Gasteiger partial charge in [-0.25, -0.2) is 14.5 Å². The van der Waals surface area contributed by atoms with Crippen molar-refractivity contribution in [1.29, 1.82) is 0 Å². The van der Waals surface area contributed by atoms with E-state index in [1.807, 2.05) is 23.3 Å². The van der Waals surface area contributed by atoms with E-state index in [9.17, 15) is 9.59 Å². The lowest BCUT2D eigenvalue weighted by Gasteiger charge is -2.27. The molecule has 0 N–H and O–H groups in total. The molecule has 2 bridgehead atoms. The van der Waals surface area contributed by atoms with E-state index < -0.39 is 0 Å². The van der Waals surface area contributed by atoms with Gasteiger partial charge in [-0.3, -0.25) is 9.36 Å². The first kappa shape index (κ1) is 16.2. The van der Waals surface area contributed by atoms with Gasteiger partial charge < -0.3 is 4.90 Å². The molecule has 0 radical (unpaired) electrons. The molecule has 4 heterocycles. The Labute approximate surface area is 155 Å². The first-order chi connectivity index (χ1) is 12.5. The van der Waals surface area contributed by atoms with E-state index in [1.165, 1.54) is 24.2 Å².